The lowest BCUT2D eigenvalue weighted by Crippen LogP contribution is -2.13. The van der Waals surface area contributed by atoms with Crippen LogP contribution in [-0.4, -0.2) is 11.7 Å². The number of halogens is 1. The fraction of sp³-hybridized carbons (Fsp3) is 0.400. The van der Waals surface area contributed by atoms with Crippen molar-refractivity contribution in [1.82, 2.24) is 0 Å². The summed E-state index contributed by atoms with van der Waals surface area (Å²) in [7, 11) is 0. The molecule has 3 heteroatoms. The second-order valence-corrected chi connectivity index (χ2v) is 3.56. The predicted molar refractivity (Wildman–Crippen MR) is 54.8 cm³/mol. The van der Waals surface area contributed by atoms with Crippen molar-refractivity contribution in [3.8, 4) is 0 Å². The molecule has 72 valence electrons. The second kappa shape index (κ2) is 4.61. The van der Waals surface area contributed by atoms with Crippen LogP contribution < -0.4 is 5.73 Å². The SMILES string of the molecule is Cc1ccc(Cl)cc1C(N)CCO. The fourth-order valence-electron chi connectivity index (χ4n) is 1.31. The van der Waals surface area contributed by atoms with E-state index in [4.69, 9.17) is 22.4 Å². The van der Waals surface area contributed by atoms with E-state index in [9.17, 15) is 0 Å². The molecule has 3 N–H and O–H groups in total. The van der Waals surface area contributed by atoms with Gasteiger partial charge in [0.1, 0.15) is 0 Å². The molecule has 1 unspecified atom stereocenters. The fourth-order valence-corrected chi connectivity index (χ4v) is 1.49. The largest absolute Gasteiger partial charge is 0.396 e. The van der Waals surface area contributed by atoms with Crippen LogP contribution in [0.1, 0.15) is 23.6 Å². The van der Waals surface area contributed by atoms with Crippen LogP contribution in [0, 0.1) is 6.92 Å². The van der Waals surface area contributed by atoms with Crippen molar-refractivity contribution >= 4 is 11.6 Å². The summed E-state index contributed by atoms with van der Waals surface area (Å²) < 4.78 is 0. The molecule has 13 heavy (non-hydrogen) atoms. The Kier molecular flexibility index (Phi) is 3.72. The third-order valence-electron chi connectivity index (χ3n) is 2.08. The van der Waals surface area contributed by atoms with Crippen molar-refractivity contribution in [3.05, 3.63) is 34.3 Å². The lowest BCUT2D eigenvalue weighted by Gasteiger charge is -2.13. The van der Waals surface area contributed by atoms with E-state index in [-0.39, 0.29) is 12.6 Å². The smallest absolute Gasteiger partial charge is 0.0449 e. The highest BCUT2D eigenvalue weighted by Crippen LogP contribution is 2.22. The molecule has 1 aromatic rings. The summed E-state index contributed by atoms with van der Waals surface area (Å²) in [5.41, 5.74) is 7.99. The molecule has 0 radical (unpaired) electrons. The van der Waals surface area contributed by atoms with Crippen LogP contribution in [0.25, 0.3) is 0 Å². The molecule has 0 aliphatic rings. The van der Waals surface area contributed by atoms with E-state index < -0.39 is 0 Å². The number of rotatable bonds is 3. The van der Waals surface area contributed by atoms with Gasteiger partial charge >= 0.3 is 0 Å². The van der Waals surface area contributed by atoms with Crippen LogP contribution in [0.3, 0.4) is 0 Å². The Morgan fingerprint density at radius 1 is 1.54 bits per heavy atom. The summed E-state index contributed by atoms with van der Waals surface area (Å²) in [6.07, 6.45) is 0.571. The maximum Gasteiger partial charge on any atom is 0.0449 e. The molecule has 0 spiro atoms. The molecule has 0 saturated carbocycles. The van der Waals surface area contributed by atoms with E-state index in [0.717, 1.165) is 11.1 Å². The number of hydrogen-bond donors (Lipinski definition) is 2. The summed E-state index contributed by atoms with van der Waals surface area (Å²) in [5.74, 6) is 0. The quantitative estimate of drug-likeness (QED) is 0.783. The zero-order valence-electron chi connectivity index (χ0n) is 7.63. The molecular formula is C10H14ClNO. The molecule has 0 heterocycles. The van der Waals surface area contributed by atoms with Gasteiger partial charge < -0.3 is 10.8 Å². The van der Waals surface area contributed by atoms with E-state index >= 15 is 0 Å². The zero-order chi connectivity index (χ0) is 9.84. The van der Waals surface area contributed by atoms with Crippen LogP contribution in [0.4, 0.5) is 0 Å². The van der Waals surface area contributed by atoms with Crippen molar-refractivity contribution in [2.24, 2.45) is 5.73 Å². The molecule has 0 aliphatic heterocycles. The summed E-state index contributed by atoms with van der Waals surface area (Å²) in [4.78, 5) is 0. The maximum atomic E-state index is 8.75. The van der Waals surface area contributed by atoms with Gasteiger partial charge in [0.15, 0.2) is 0 Å². The summed E-state index contributed by atoms with van der Waals surface area (Å²) in [6.45, 7) is 2.09. The number of nitrogens with two attached hydrogens (primary N) is 1. The lowest BCUT2D eigenvalue weighted by molar-refractivity contribution is 0.276. The lowest BCUT2D eigenvalue weighted by atomic mass is 10.00. The second-order valence-electron chi connectivity index (χ2n) is 3.12. The maximum absolute atomic E-state index is 8.75. The summed E-state index contributed by atoms with van der Waals surface area (Å²) >= 11 is 5.84. The van der Waals surface area contributed by atoms with Crippen LogP contribution in [-0.2, 0) is 0 Å². The van der Waals surface area contributed by atoms with E-state index in [0.29, 0.717) is 11.4 Å². The Morgan fingerprint density at radius 2 is 2.23 bits per heavy atom. The van der Waals surface area contributed by atoms with Gasteiger partial charge in [-0.2, -0.15) is 0 Å². The van der Waals surface area contributed by atoms with E-state index in [1.54, 1.807) is 0 Å². The van der Waals surface area contributed by atoms with Crippen LogP contribution >= 0.6 is 11.6 Å². The molecule has 1 aromatic carbocycles. The number of hydrogen-bond acceptors (Lipinski definition) is 2. The molecule has 0 aromatic heterocycles. The van der Waals surface area contributed by atoms with Gasteiger partial charge in [-0.15, -0.1) is 0 Å². The van der Waals surface area contributed by atoms with Gasteiger partial charge in [0.05, 0.1) is 0 Å². The first-order valence-electron chi connectivity index (χ1n) is 4.27. The molecule has 2 nitrogen and oxygen atoms in total. The Labute approximate surface area is 83.3 Å². The summed E-state index contributed by atoms with van der Waals surface area (Å²) in [6, 6.07) is 5.52. The molecule has 0 amide bonds. The minimum Gasteiger partial charge on any atom is -0.396 e. The third-order valence-corrected chi connectivity index (χ3v) is 2.32. The van der Waals surface area contributed by atoms with Gasteiger partial charge in [-0.25, -0.2) is 0 Å². The van der Waals surface area contributed by atoms with Gasteiger partial charge in [-0.05, 0) is 36.6 Å². The molecule has 0 bridgehead atoms. The minimum atomic E-state index is -0.122. The first-order valence-corrected chi connectivity index (χ1v) is 4.65. The van der Waals surface area contributed by atoms with E-state index in [1.807, 2.05) is 25.1 Å². The molecule has 0 aliphatic carbocycles. The molecule has 0 saturated heterocycles. The highest BCUT2D eigenvalue weighted by atomic mass is 35.5. The van der Waals surface area contributed by atoms with Crippen molar-refractivity contribution in [2.75, 3.05) is 6.61 Å². The number of aryl methyl sites for hydroxylation is 1. The normalized spacial score (nSPS) is 12.9. The van der Waals surface area contributed by atoms with Crippen molar-refractivity contribution in [1.29, 1.82) is 0 Å². The summed E-state index contributed by atoms with van der Waals surface area (Å²) in [5, 5.41) is 9.43. The highest BCUT2D eigenvalue weighted by Gasteiger charge is 2.08. The van der Waals surface area contributed by atoms with Crippen molar-refractivity contribution < 1.29 is 5.11 Å². The van der Waals surface area contributed by atoms with Crippen molar-refractivity contribution in [3.63, 3.8) is 0 Å². The number of aliphatic hydroxyl groups is 1. The van der Waals surface area contributed by atoms with Gasteiger partial charge in [-0.1, -0.05) is 17.7 Å². The monoisotopic (exact) mass is 199 g/mol. The average molecular weight is 200 g/mol. The Hall–Kier alpha value is -0.570. The molecule has 0 fully saturated rings. The van der Waals surface area contributed by atoms with Gasteiger partial charge in [0.25, 0.3) is 0 Å². The molecular weight excluding hydrogens is 186 g/mol. The Bertz CT molecular complexity index is 288. The third kappa shape index (κ3) is 2.69. The topological polar surface area (TPSA) is 46.2 Å². The first kappa shape index (κ1) is 10.5. The number of benzene rings is 1. The Morgan fingerprint density at radius 3 is 2.85 bits per heavy atom. The van der Waals surface area contributed by atoms with Crippen molar-refractivity contribution in [2.45, 2.75) is 19.4 Å². The van der Waals surface area contributed by atoms with Gasteiger partial charge in [0, 0.05) is 17.7 Å². The standard InChI is InChI=1S/C10H14ClNO/c1-7-2-3-8(11)6-9(7)10(12)4-5-13/h2-3,6,10,13H,4-5,12H2,1H3. The Balaban J connectivity index is 2.91. The zero-order valence-corrected chi connectivity index (χ0v) is 8.38. The van der Waals surface area contributed by atoms with E-state index in [2.05, 4.69) is 0 Å². The predicted octanol–water partition coefficient (Wildman–Crippen LogP) is 2.03. The molecule has 1 rings (SSSR count). The van der Waals surface area contributed by atoms with Crippen LogP contribution in [0.15, 0.2) is 18.2 Å². The average Bonchev–Trinajstić information content (AvgIpc) is 2.09. The van der Waals surface area contributed by atoms with Gasteiger partial charge in [0.2, 0.25) is 0 Å². The van der Waals surface area contributed by atoms with E-state index in [1.165, 1.54) is 0 Å². The number of aliphatic hydroxyl groups excluding tert-OH is 1. The van der Waals surface area contributed by atoms with Crippen LogP contribution in [0.5, 0.6) is 0 Å². The highest BCUT2D eigenvalue weighted by molar-refractivity contribution is 6.30. The first-order chi connectivity index (χ1) is 6.15. The van der Waals surface area contributed by atoms with Crippen LogP contribution in [0.2, 0.25) is 5.02 Å². The minimum absolute atomic E-state index is 0.104. The molecule has 1 atom stereocenters. The van der Waals surface area contributed by atoms with Gasteiger partial charge in [-0.3, -0.25) is 0 Å².